The van der Waals surface area contributed by atoms with E-state index in [2.05, 4.69) is 34.9 Å². The molecule has 3 atom stereocenters. The molecule has 2 aliphatic carbocycles. The maximum atomic E-state index is 12.8. The van der Waals surface area contributed by atoms with E-state index in [0.717, 1.165) is 35.1 Å². The molecular weight excluding hydrogens is 448 g/mol. The van der Waals surface area contributed by atoms with Crippen LogP contribution in [0, 0.1) is 11.8 Å². The van der Waals surface area contributed by atoms with Crippen molar-refractivity contribution in [3.8, 4) is 11.1 Å². The van der Waals surface area contributed by atoms with E-state index in [1.54, 1.807) is 6.92 Å². The van der Waals surface area contributed by atoms with Gasteiger partial charge in [0.05, 0.1) is 0 Å². The maximum Gasteiger partial charge on any atom is 0.407 e. The maximum absolute atomic E-state index is 12.8. The number of ether oxygens (including phenoxy) is 2. The summed E-state index contributed by atoms with van der Waals surface area (Å²) in [6.07, 6.45) is 0.796. The van der Waals surface area contributed by atoms with E-state index in [0.29, 0.717) is 13.0 Å². The van der Waals surface area contributed by atoms with Gasteiger partial charge >= 0.3 is 12.1 Å². The van der Waals surface area contributed by atoms with Gasteiger partial charge in [0.2, 0.25) is 5.91 Å². The van der Waals surface area contributed by atoms with Crippen molar-refractivity contribution in [3.05, 3.63) is 59.7 Å². The molecule has 3 unspecified atom stereocenters. The number of hydrogen-bond donors (Lipinski definition) is 3. The van der Waals surface area contributed by atoms with E-state index >= 15 is 0 Å². The van der Waals surface area contributed by atoms with Crippen molar-refractivity contribution in [1.29, 1.82) is 0 Å². The van der Waals surface area contributed by atoms with Gasteiger partial charge in [-0.3, -0.25) is 4.79 Å². The van der Waals surface area contributed by atoms with E-state index in [-0.39, 0.29) is 30.9 Å². The summed E-state index contributed by atoms with van der Waals surface area (Å²) < 4.78 is 11.2. The Morgan fingerprint density at radius 3 is 2.26 bits per heavy atom. The first kappa shape index (κ1) is 23.4. The fourth-order valence-corrected chi connectivity index (χ4v) is 5.31. The number of rotatable bonds is 8. The van der Waals surface area contributed by atoms with Crippen LogP contribution in [0.5, 0.6) is 0 Å². The summed E-state index contributed by atoms with van der Waals surface area (Å²) in [6.45, 7) is 2.34. The van der Waals surface area contributed by atoms with Crippen LogP contribution in [0.4, 0.5) is 4.79 Å². The first-order valence-electron chi connectivity index (χ1n) is 12.1. The molecule has 1 saturated heterocycles. The van der Waals surface area contributed by atoms with Crippen LogP contribution in [0.15, 0.2) is 48.5 Å². The highest BCUT2D eigenvalue weighted by Crippen LogP contribution is 2.44. The van der Waals surface area contributed by atoms with Gasteiger partial charge in [0.15, 0.2) is 0 Å². The quantitative estimate of drug-likeness (QED) is 0.537. The highest BCUT2D eigenvalue weighted by molar-refractivity contribution is 5.89. The minimum Gasteiger partial charge on any atom is -0.480 e. The number of fused-ring (bicyclic) bond motifs is 3. The molecule has 0 radical (unpaired) electrons. The van der Waals surface area contributed by atoms with Gasteiger partial charge in [-0.25, -0.2) is 9.59 Å². The van der Waals surface area contributed by atoms with E-state index < -0.39 is 29.6 Å². The lowest BCUT2D eigenvalue weighted by Gasteiger charge is -2.29. The lowest BCUT2D eigenvalue weighted by atomic mass is 9.94. The molecule has 0 bridgehead atoms. The minimum atomic E-state index is -1.30. The summed E-state index contributed by atoms with van der Waals surface area (Å²) in [5.74, 6) is -1.84. The van der Waals surface area contributed by atoms with Crippen molar-refractivity contribution in [2.24, 2.45) is 11.8 Å². The first-order valence-corrected chi connectivity index (χ1v) is 12.1. The molecule has 2 amide bonds. The summed E-state index contributed by atoms with van der Waals surface area (Å²) in [6, 6.07) is 16.3. The number of alkyl carbamates (subject to hydrolysis) is 1. The molecule has 8 nitrogen and oxygen atoms in total. The third kappa shape index (κ3) is 4.50. The topological polar surface area (TPSA) is 114 Å². The number of carbonyl (C=O) groups is 3. The molecule has 3 aliphatic rings. The zero-order chi connectivity index (χ0) is 24.6. The normalized spacial score (nSPS) is 22.5. The van der Waals surface area contributed by atoms with Crippen LogP contribution in [0.25, 0.3) is 11.1 Å². The predicted molar refractivity (Wildman–Crippen MR) is 128 cm³/mol. The van der Waals surface area contributed by atoms with Gasteiger partial charge in [-0.05, 0) is 54.4 Å². The molecule has 2 aromatic rings. The van der Waals surface area contributed by atoms with Crippen LogP contribution in [-0.4, -0.2) is 54.5 Å². The summed E-state index contributed by atoms with van der Waals surface area (Å²) in [7, 11) is 0. The molecule has 3 N–H and O–H groups in total. The number of benzene rings is 2. The van der Waals surface area contributed by atoms with E-state index in [9.17, 15) is 19.5 Å². The van der Waals surface area contributed by atoms with Crippen molar-refractivity contribution >= 4 is 18.0 Å². The fourth-order valence-electron chi connectivity index (χ4n) is 5.31. The molecule has 2 aromatic carbocycles. The Kier molecular flexibility index (Phi) is 6.23. The summed E-state index contributed by atoms with van der Waals surface area (Å²) in [5, 5.41) is 15.1. The Hall–Kier alpha value is -3.39. The van der Waals surface area contributed by atoms with Gasteiger partial charge < -0.3 is 25.2 Å². The van der Waals surface area contributed by atoms with Crippen molar-refractivity contribution < 1.29 is 29.0 Å². The molecule has 0 aromatic heterocycles. The van der Waals surface area contributed by atoms with Crippen molar-refractivity contribution in [1.82, 2.24) is 10.6 Å². The largest absolute Gasteiger partial charge is 0.480 e. The average molecular weight is 479 g/mol. The Labute approximate surface area is 204 Å². The van der Waals surface area contributed by atoms with Crippen LogP contribution in [0.3, 0.4) is 0 Å². The standard InChI is InChI=1S/C27H30N2O6/c1-27(25(31)32,17-10-11-17)29-24(30)23-16(12-13-34-23)14-28-26(33)35-15-22-20-8-4-2-6-18(20)19-7-3-5-9-21(19)22/h2-9,16-17,22-23H,10-15H2,1H3,(H,28,33)(H,29,30)(H,31,32). The van der Waals surface area contributed by atoms with Crippen LogP contribution in [0.2, 0.25) is 0 Å². The Bertz CT molecular complexity index is 1100. The molecule has 184 valence electrons. The third-order valence-electron chi connectivity index (χ3n) is 7.55. The SMILES string of the molecule is CC(NC(=O)C1OCCC1CNC(=O)OCC1c2ccccc2-c2ccccc21)(C(=O)O)C1CC1. The van der Waals surface area contributed by atoms with Crippen LogP contribution in [0.1, 0.15) is 43.2 Å². The second kappa shape index (κ2) is 9.34. The van der Waals surface area contributed by atoms with Gasteiger partial charge in [-0.15, -0.1) is 0 Å². The molecule has 1 saturated carbocycles. The number of aliphatic carboxylic acids is 1. The first-order chi connectivity index (χ1) is 16.9. The smallest absolute Gasteiger partial charge is 0.407 e. The van der Waals surface area contributed by atoms with Crippen LogP contribution < -0.4 is 10.6 Å². The monoisotopic (exact) mass is 478 g/mol. The molecule has 0 spiro atoms. The molecule has 35 heavy (non-hydrogen) atoms. The van der Waals surface area contributed by atoms with Crippen molar-refractivity contribution in [2.45, 2.75) is 43.7 Å². The van der Waals surface area contributed by atoms with Crippen LogP contribution >= 0.6 is 0 Å². The Morgan fingerprint density at radius 1 is 1.03 bits per heavy atom. The van der Waals surface area contributed by atoms with E-state index in [4.69, 9.17) is 9.47 Å². The predicted octanol–water partition coefficient (Wildman–Crippen LogP) is 3.30. The molecule has 2 fully saturated rings. The van der Waals surface area contributed by atoms with Gasteiger partial charge in [0.25, 0.3) is 0 Å². The second-order valence-electron chi connectivity index (χ2n) is 9.82. The Balaban J connectivity index is 1.16. The van der Waals surface area contributed by atoms with E-state index in [1.807, 2.05) is 24.3 Å². The van der Waals surface area contributed by atoms with Crippen molar-refractivity contribution in [2.75, 3.05) is 19.8 Å². The fraction of sp³-hybridized carbons (Fsp3) is 0.444. The molecule has 5 rings (SSSR count). The van der Waals surface area contributed by atoms with Crippen LogP contribution in [-0.2, 0) is 19.1 Å². The highest BCUT2D eigenvalue weighted by Gasteiger charge is 2.50. The van der Waals surface area contributed by atoms with Gasteiger partial charge in [-0.2, -0.15) is 0 Å². The zero-order valence-electron chi connectivity index (χ0n) is 19.7. The third-order valence-corrected chi connectivity index (χ3v) is 7.55. The number of amides is 2. The number of carboxylic acid groups (broad SMARTS) is 1. The molecular formula is C27H30N2O6. The van der Waals surface area contributed by atoms with Gasteiger partial charge in [0, 0.05) is 25.0 Å². The molecule has 8 heteroatoms. The molecule has 1 heterocycles. The second-order valence-corrected chi connectivity index (χ2v) is 9.82. The van der Waals surface area contributed by atoms with Gasteiger partial charge in [-0.1, -0.05) is 48.5 Å². The van der Waals surface area contributed by atoms with E-state index in [1.165, 1.54) is 0 Å². The summed E-state index contributed by atoms with van der Waals surface area (Å²) in [4.78, 5) is 37.1. The lowest BCUT2D eigenvalue weighted by molar-refractivity contribution is -0.150. The zero-order valence-corrected chi connectivity index (χ0v) is 19.7. The Morgan fingerprint density at radius 2 is 1.66 bits per heavy atom. The minimum absolute atomic E-state index is 0.0300. The highest BCUT2D eigenvalue weighted by atomic mass is 16.5. The van der Waals surface area contributed by atoms with Crippen molar-refractivity contribution in [3.63, 3.8) is 0 Å². The van der Waals surface area contributed by atoms with Gasteiger partial charge in [0.1, 0.15) is 18.2 Å². The number of nitrogens with one attached hydrogen (secondary N) is 2. The lowest BCUT2D eigenvalue weighted by Crippen LogP contribution is -2.57. The summed E-state index contributed by atoms with van der Waals surface area (Å²) in [5.41, 5.74) is 3.30. The average Bonchev–Trinajstić information content (AvgIpc) is 3.53. The number of carbonyl (C=O) groups excluding carboxylic acids is 2. The summed E-state index contributed by atoms with van der Waals surface area (Å²) >= 11 is 0. The number of hydrogen-bond acceptors (Lipinski definition) is 5. The number of carboxylic acids is 1. The molecule has 1 aliphatic heterocycles.